The quantitative estimate of drug-likeness (QED) is 0.374. The number of cyclic esters (lactones) is 1. The number of benzene rings is 1. The molecule has 1 unspecified atom stereocenters. The summed E-state index contributed by atoms with van der Waals surface area (Å²) in [6.07, 6.45) is 5.72. The van der Waals surface area contributed by atoms with E-state index in [9.17, 15) is 9.90 Å². The second-order valence-corrected chi connectivity index (χ2v) is 8.63. The normalized spacial score (nSPS) is 27.8. The van der Waals surface area contributed by atoms with Gasteiger partial charge in [0.1, 0.15) is 35.4 Å². The molecule has 0 saturated carbocycles. The van der Waals surface area contributed by atoms with Crippen LogP contribution in [0.15, 0.2) is 30.4 Å². The number of fused-ring (bicyclic) bond motifs is 2. The Morgan fingerprint density at radius 1 is 1.06 bits per heavy atom. The second-order valence-electron chi connectivity index (χ2n) is 8.63. The van der Waals surface area contributed by atoms with Crippen LogP contribution in [0.5, 0.6) is 11.5 Å². The van der Waals surface area contributed by atoms with Gasteiger partial charge in [-0.05, 0) is 38.8 Å². The van der Waals surface area contributed by atoms with E-state index in [1.54, 1.807) is 37.3 Å². The summed E-state index contributed by atoms with van der Waals surface area (Å²) < 4.78 is 39.0. The van der Waals surface area contributed by atoms with Gasteiger partial charge in [-0.25, -0.2) is 4.79 Å². The molecule has 3 rings (SSSR count). The lowest BCUT2D eigenvalue weighted by atomic mass is 10.0. The Balaban J connectivity index is 2.03. The maximum Gasteiger partial charge on any atom is 0.342 e. The van der Waals surface area contributed by atoms with E-state index in [1.807, 2.05) is 19.9 Å². The van der Waals surface area contributed by atoms with Crippen LogP contribution in [0.25, 0.3) is 6.08 Å². The Morgan fingerprint density at radius 2 is 1.79 bits per heavy atom. The topological polar surface area (TPSA) is 102 Å². The third-order valence-electron chi connectivity index (χ3n) is 5.32. The van der Waals surface area contributed by atoms with E-state index in [1.165, 1.54) is 14.2 Å². The van der Waals surface area contributed by atoms with Crippen molar-refractivity contribution in [3.05, 3.63) is 41.5 Å². The summed E-state index contributed by atoms with van der Waals surface area (Å²) in [5.74, 6) is -0.638. The number of carbonyl (C=O) groups is 1. The van der Waals surface area contributed by atoms with Crippen molar-refractivity contribution >= 4 is 12.0 Å². The molecule has 34 heavy (non-hydrogen) atoms. The second kappa shape index (κ2) is 11.8. The minimum absolute atomic E-state index is 0.0297. The Labute approximate surface area is 200 Å². The summed E-state index contributed by atoms with van der Waals surface area (Å²) in [5.41, 5.74) is 0.797. The van der Waals surface area contributed by atoms with Gasteiger partial charge in [-0.1, -0.05) is 24.3 Å². The molecule has 4 atom stereocenters. The molecular weight excluding hydrogens is 444 g/mol. The van der Waals surface area contributed by atoms with Gasteiger partial charge in [0.15, 0.2) is 19.4 Å². The van der Waals surface area contributed by atoms with Crippen molar-refractivity contribution in [2.24, 2.45) is 0 Å². The molecule has 0 spiro atoms. The number of esters is 1. The molecular formula is C25H34O9. The van der Waals surface area contributed by atoms with Gasteiger partial charge in [-0.3, -0.25) is 0 Å². The summed E-state index contributed by atoms with van der Waals surface area (Å²) in [6.45, 7) is 5.39. The van der Waals surface area contributed by atoms with Crippen LogP contribution >= 0.6 is 0 Å². The Kier molecular flexibility index (Phi) is 9.10. The van der Waals surface area contributed by atoms with Gasteiger partial charge in [0.05, 0.1) is 6.10 Å². The largest absolute Gasteiger partial charge is 0.467 e. The standard InChI is InChI=1S/C25H34O9/c1-16-8-6-10-19(26)23-20(33-25(2,3)34-23)11-7-9-17-12-18(30-14-28-4)13-21(31-15-29-5)22(17)24(27)32-16/h6-7,9-10,12-13,16,19-20,23,26H,8,11,14-15H2,1-5H3/b9-7?,10-6-/t16-,19?,20+,23-/m0/s1. The fourth-order valence-corrected chi connectivity index (χ4v) is 3.88. The first-order valence-electron chi connectivity index (χ1n) is 11.2. The van der Waals surface area contributed by atoms with Crippen LogP contribution in [0.4, 0.5) is 0 Å². The third kappa shape index (κ3) is 6.80. The zero-order chi connectivity index (χ0) is 24.7. The van der Waals surface area contributed by atoms with E-state index >= 15 is 0 Å². The predicted octanol–water partition coefficient (Wildman–Crippen LogP) is 3.44. The van der Waals surface area contributed by atoms with Crippen LogP contribution in [0.3, 0.4) is 0 Å². The first kappa shape index (κ1) is 26.2. The van der Waals surface area contributed by atoms with Crippen LogP contribution in [0.2, 0.25) is 0 Å². The van der Waals surface area contributed by atoms with Crippen molar-refractivity contribution in [3.8, 4) is 11.5 Å². The van der Waals surface area contributed by atoms with E-state index < -0.39 is 30.1 Å². The lowest BCUT2D eigenvalue weighted by Gasteiger charge is -2.21. The van der Waals surface area contributed by atoms with Gasteiger partial charge in [0.25, 0.3) is 0 Å². The van der Waals surface area contributed by atoms with Crippen LogP contribution in [-0.4, -0.2) is 69.1 Å². The molecule has 0 amide bonds. The van der Waals surface area contributed by atoms with Crippen LogP contribution in [-0.2, 0) is 23.7 Å². The summed E-state index contributed by atoms with van der Waals surface area (Å²) in [7, 11) is 3.01. The monoisotopic (exact) mass is 478 g/mol. The lowest BCUT2D eigenvalue weighted by molar-refractivity contribution is -0.152. The van der Waals surface area contributed by atoms with Gasteiger partial charge in [-0.15, -0.1) is 0 Å². The highest BCUT2D eigenvalue weighted by atomic mass is 16.8. The Bertz CT molecular complexity index is 893. The van der Waals surface area contributed by atoms with Crippen LogP contribution < -0.4 is 9.47 Å². The molecule has 1 aromatic rings. The molecule has 1 N–H and O–H groups in total. The number of methoxy groups -OCH3 is 2. The van der Waals surface area contributed by atoms with E-state index in [-0.39, 0.29) is 31.0 Å². The number of rotatable bonds is 6. The maximum absolute atomic E-state index is 13.2. The molecule has 1 aromatic carbocycles. The Hall–Kier alpha value is -2.43. The van der Waals surface area contributed by atoms with Crippen molar-refractivity contribution in [3.63, 3.8) is 0 Å². The van der Waals surface area contributed by atoms with Crippen molar-refractivity contribution < 1.29 is 43.1 Å². The summed E-state index contributed by atoms with van der Waals surface area (Å²) in [4.78, 5) is 13.2. The number of hydrogen-bond acceptors (Lipinski definition) is 9. The van der Waals surface area contributed by atoms with Gasteiger partial charge >= 0.3 is 5.97 Å². The predicted molar refractivity (Wildman–Crippen MR) is 124 cm³/mol. The summed E-state index contributed by atoms with van der Waals surface area (Å²) in [5, 5.41) is 10.7. The third-order valence-corrected chi connectivity index (χ3v) is 5.32. The first-order valence-corrected chi connectivity index (χ1v) is 11.2. The summed E-state index contributed by atoms with van der Waals surface area (Å²) in [6, 6.07) is 3.31. The molecule has 9 nitrogen and oxygen atoms in total. The van der Waals surface area contributed by atoms with Crippen molar-refractivity contribution in [1.29, 1.82) is 0 Å². The van der Waals surface area contributed by atoms with E-state index in [0.717, 1.165) is 0 Å². The fourth-order valence-electron chi connectivity index (χ4n) is 3.88. The molecule has 1 fully saturated rings. The average Bonchev–Trinajstić information content (AvgIpc) is 3.09. The number of aliphatic hydroxyl groups is 1. The highest BCUT2D eigenvalue weighted by Crippen LogP contribution is 2.34. The van der Waals surface area contributed by atoms with Crippen molar-refractivity contribution in [2.75, 3.05) is 27.8 Å². The molecule has 2 aliphatic heterocycles. The van der Waals surface area contributed by atoms with E-state index in [0.29, 0.717) is 24.2 Å². The van der Waals surface area contributed by atoms with Gasteiger partial charge in [0.2, 0.25) is 0 Å². The molecule has 9 heteroatoms. The minimum atomic E-state index is -0.860. The van der Waals surface area contributed by atoms with Crippen molar-refractivity contribution in [2.45, 2.75) is 63.8 Å². The maximum atomic E-state index is 13.2. The number of hydrogen-bond donors (Lipinski definition) is 1. The number of carbonyl (C=O) groups excluding carboxylic acids is 1. The van der Waals surface area contributed by atoms with Crippen molar-refractivity contribution in [1.82, 2.24) is 0 Å². The van der Waals surface area contributed by atoms with E-state index in [2.05, 4.69) is 0 Å². The highest BCUT2D eigenvalue weighted by Gasteiger charge is 2.43. The molecule has 0 radical (unpaired) electrons. The molecule has 0 aliphatic carbocycles. The fraction of sp³-hybridized carbons (Fsp3) is 0.560. The molecule has 2 heterocycles. The number of aliphatic hydroxyl groups excluding tert-OH is 1. The molecule has 0 bridgehead atoms. The molecule has 188 valence electrons. The molecule has 2 aliphatic rings. The Morgan fingerprint density at radius 3 is 2.53 bits per heavy atom. The smallest absolute Gasteiger partial charge is 0.342 e. The van der Waals surface area contributed by atoms with Gasteiger partial charge in [-0.2, -0.15) is 0 Å². The first-order chi connectivity index (χ1) is 16.2. The zero-order valence-corrected chi connectivity index (χ0v) is 20.3. The van der Waals surface area contributed by atoms with Gasteiger partial charge < -0.3 is 38.3 Å². The van der Waals surface area contributed by atoms with Crippen LogP contribution in [0, 0.1) is 0 Å². The number of ether oxygens (including phenoxy) is 7. The highest BCUT2D eigenvalue weighted by molar-refractivity contribution is 5.97. The average molecular weight is 479 g/mol. The zero-order valence-electron chi connectivity index (χ0n) is 20.3. The van der Waals surface area contributed by atoms with E-state index in [4.69, 9.17) is 33.2 Å². The van der Waals surface area contributed by atoms with Gasteiger partial charge in [0, 0.05) is 26.7 Å². The molecule has 0 aromatic heterocycles. The SMILES string of the molecule is COCOc1cc2c(c(OCOC)c1)C(=O)O[C@@H](C)C/C=C\C(O)[C@@H]1OC(C)(C)O[C@@H]1CC=C2. The van der Waals surface area contributed by atoms with Crippen LogP contribution in [0.1, 0.15) is 49.5 Å². The lowest BCUT2D eigenvalue weighted by Crippen LogP contribution is -2.34. The minimum Gasteiger partial charge on any atom is -0.467 e. The summed E-state index contributed by atoms with van der Waals surface area (Å²) >= 11 is 0. The molecule has 1 saturated heterocycles.